The quantitative estimate of drug-likeness (QED) is 0.878. The average Bonchev–Trinajstić information content (AvgIpc) is 2.61. The van der Waals surface area contributed by atoms with E-state index in [4.69, 9.17) is 4.74 Å². The standard InChI is InChI=1S/C19H29N3O3/c1-11-13-8-12(19(13,2)3)9-14(11)21-15-10-20-22(18(24)17(15)23)16-6-4-5-7-25-16/h10-14,16,21,23H,4-9H2,1-3H3/t11-,12?,13-,14-,16?/m1/s1. The van der Waals surface area contributed by atoms with E-state index in [1.807, 2.05) is 0 Å². The molecule has 0 radical (unpaired) electrons. The molecule has 0 aromatic carbocycles. The van der Waals surface area contributed by atoms with Crippen LogP contribution in [0.3, 0.4) is 0 Å². The Morgan fingerprint density at radius 1 is 1.36 bits per heavy atom. The van der Waals surface area contributed by atoms with Gasteiger partial charge in [-0.15, -0.1) is 0 Å². The maximum atomic E-state index is 12.5. The summed E-state index contributed by atoms with van der Waals surface area (Å²) in [5.41, 5.74) is 0.401. The summed E-state index contributed by atoms with van der Waals surface area (Å²) >= 11 is 0. The third-order valence-corrected chi connectivity index (χ3v) is 7.10. The molecule has 138 valence electrons. The molecule has 2 unspecified atom stereocenters. The Morgan fingerprint density at radius 2 is 2.16 bits per heavy atom. The number of hydrogen-bond donors (Lipinski definition) is 2. The van der Waals surface area contributed by atoms with Gasteiger partial charge in [-0.05, 0) is 55.3 Å². The van der Waals surface area contributed by atoms with E-state index >= 15 is 0 Å². The number of aromatic hydroxyl groups is 1. The van der Waals surface area contributed by atoms with Crippen molar-refractivity contribution in [2.75, 3.05) is 11.9 Å². The largest absolute Gasteiger partial charge is 0.502 e. The second-order valence-corrected chi connectivity index (χ2v) is 8.68. The third kappa shape index (κ3) is 2.65. The molecule has 1 aliphatic heterocycles. The van der Waals surface area contributed by atoms with Gasteiger partial charge < -0.3 is 15.2 Å². The molecule has 0 spiro atoms. The van der Waals surface area contributed by atoms with Crippen LogP contribution in [0.4, 0.5) is 5.69 Å². The van der Waals surface area contributed by atoms with Gasteiger partial charge in [0.15, 0.2) is 6.23 Å². The van der Waals surface area contributed by atoms with Gasteiger partial charge in [-0.2, -0.15) is 9.78 Å². The smallest absolute Gasteiger partial charge is 0.313 e. The topological polar surface area (TPSA) is 76.4 Å². The molecule has 6 nitrogen and oxygen atoms in total. The molecule has 1 aromatic heterocycles. The Morgan fingerprint density at radius 3 is 2.80 bits per heavy atom. The number of rotatable bonds is 3. The van der Waals surface area contributed by atoms with Crippen LogP contribution in [-0.2, 0) is 4.74 Å². The van der Waals surface area contributed by atoms with Crippen molar-refractivity contribution in [1.82, 2.24) is 9.78 Å². The van der Waals surface area contributed by atoms with Gasteiger partial charge in [0.2, 0.25) is 5.75 Å². The zero-order chi connectivity index (χ0) is 17.8. The first-order valence-corrected chi connectivity index (χ1v) is 9.58. The minimum absolute atomic E-state index is 0.241. The van der Waals surface area contributed by atoms with Crippen LogP contribution < -0.4 is 10.9 Å². The summed E-state index contributed by atoms with van der Waals surface area (Å²) < 4.78 is 6.90. The van der Waals surface area contributed by atoms with Crippen molar-refractivity contribution in [2.45, 2.75) is 65.1 Å². The first-order chi connectivity index (χ1) is 11.9. The Labute approximate surface area is 148 Å². The first kappa shape index (κ1) is 16.9. The zero-order valence-electron chi connectivity index (χ0n) is 15.4. The number of nitrogens with one attached hydrogen (secondary N) is 1. The summed E-state index contributed by atoms with van der Waals surface area (Å²) in [4.78, 5) is 12.5. The van der Waals surface area contributed by atoms with Crippen molar-refractivity contribution in [3.8, 4) is 5.75 Å². The number of ether oxygens (including phenoxy) is 1. The minimum Gasteiger partial charge on any atom is -0.502 e. The van der Waals surface area contributed by atoms with Crippen LogP contribution in [0.1, 0.15) is 59.1 Å². The molecule has 2 heterocycles. The van der Waals surface area contributed by atoms with Gasteiger partial charge >= 0.3 is 5.56 Å². The van der Waals surface area contributed by atoms with Gasteiger partial charge in [-0.1, -0.05) is 20.8 Å². The highest BCUT2D eigenvalue weighted by Gasteiger charge is 2.56. The molecule has 2 N–H and O–H groups in total. The number of anilines is 1. The lowest BCUT2D eigenvalue weighted by atomic mass is 9.45. The number of aromatic nitrogens is 2. The van der Waals surface area contributed by atoms with E-state index in [2.05, 4.69) is 31.2 Å². The van der Waals surface area contributed by atoms with Crippen molar-refractivity contribution in [3.05, 3.63) is 16.6 Å². The van der Waals surface area contributed by atoms with Crippen LogP contribution in [0.5, 0.6) is 5.75 Å². The van der Waals surface area contributed by atoms with Gasteiger partial charge in [0.25, 0.3) is 0 Å². The van der Waals surface area contributed by atoms with Crippen molar-refractivity contribution in [1.29, 1.82) is 0 Å². The van der Waals surface area contributed by atoms with E-state index in [0.717, 1.165) is 31.6 Å². The highest BCUT2D eigenvalue weighted by molar-refractivity contribution is 5.53. The monoisotopic (exact) mass is 347 g/mol. The zero-order valence-corrected chi connectivity index (χ0v) is 15.4. The fourth-order valence-electron chi connectivity index (χ4n) is 5.22. The van der Waals surface area contributed by atoms with Crippen LogP contribution in [0, 0.1) is 23.2 Å². The summed E-state index contributed by atoms with van der Waals surface area (Å²) in [5, 5.41) is 18.1. The van der Waals surface area contributed by atoms with Crippen LogP contribution in [0.2, 0.25) is 0 Å². The highest BCUT2D eigenvalue weighted by Crippen LogP contribution is 2.61. The minimum atomic E-state index is -0.467. The first-order valence-electron chi connectivity index (χ1n) is 9.58. The van der Waals surface area contributed by atoms with E-state index in [9.17, 15) is 9.90 Å². The van der Waals surface area contributed by atoms with Crippen molar-refractivity contribution in [2.24, 2.45) is 23.2 Å². The van der Waals surface area contributed by atoms with Gasteiger partial charge in [0.05, 0.1) is 6.20 Å². The molecule has 6 heteroatoms. The predicted molar refractivity (Wildman–Crippen MR) is 95.6 cm³/mol. The summed E-state index contributed by atoms with van der Waals surface area (Å²) in [6.07, 6.45) is 6.38. The molecule has 5 rings (SSSR count). The summed E-state index contributed by atoms with van der Waals surface area (Å²) in [7, 11) is 0. The predicted octanol–water partition coefficient (Wildman–Crippen LogP) is 3.13. The van der Waals surface area contributed by atoms with Crippen LogP contribution >= 0.6 is 0 Å². The van der Waals surface area contributed by atoms with Crippen molar-refractivity contribution >= 4 is 5.69 Å². The SMILES string of the molecule is C[C@@H]1[C@H]2CC(C[C@H]1Nc1cnn(C3CCCCO3)c(=O)c1O)C2(C)C. The van der Waals surface area contributed by atoms with E-state index in [1.54, 1.807) is 6.20 Å². The van der Waals surface area contributed by atoms with Gasteiger partial charge in [0.1, 0.15) is 5.69 Å². The Kier molecular flexibility index (Phi) is 4.06. The summed E-state index contributed by atoms with van der Waals surface area (Å²) in [6, 6.07) is 0.283. The lowest BCUT2D eigenvalue weighted by Crippen LogP contribution is -2.58. The summed E-state index contributed by atoms with van der Waals surface area (Å²) in [6.45, 7) is 7.64. The molecule has 25 heavy (non-hydrogen) atoms. The number of hydrogen-bond acceptors (Lipinski definition) is 5. The number of nitrogens with zero attached hydrogens (tertiary/aromatic N) is 2. The molecular formula is C19H29N3O3. The van der Waals surface area contributed by atoms with Crippen LogP contribution in [-0.4, -0.2) is 27.5 Å². The molecule has 0 amide bonds. The lowest BCUT2D eigenvalue weighted by Gasteiger charge is -2.62. The van der Waals surface area contributed by atoms with E-state index in [0.29, 0.717) is 29.5 Å². The maximum Gasteiger partial charge on any atom is 0.313 e. The van der Waals surface area contributed by atoms with Gasteiger partial charge in [-0.25, -0.2) is 0 Å². The molecule has 4 aliphatic rings. The van der Waals surface area contributed by atoms with Crippen LogP contribution in [0.25, 0.3) is 0 Å². The molecule has 1 aromatic rings. The van der Waals surface area contributed by atoms with Gasteiger partial charge in [-0.3, -0.25) is 4.79 Å². The highest BCUT2D eigenvalue weighted by atomic mass is 16.5. The second kappa shape index (κ2) is 6.01. The van der Waals surface area contributed by atoms with Gasteiger partial charge in [0, 0.05) is 12.6 Å². The lowest BCUT2D eigenvalue weighted by molar-refractivity contribution is -0.105. The Hall–Kier alpha value is -1.56. The molecule has 3 saturated carbocycles. The number of fused-ring (bicyclic) bond motifs is 2. The van der Waals surface area contributed by atoms with E-state index < -0.39 is 5.56 Å². The average molecular weight is 347 g/mol. The molecular weight excluding hydrogens is 318 g/mol. The maximum absolute atomic E-state index is 12.5. The molecule has 1 saturated heterocycles. The second-order valence-electron chi connectivity index (χ2n) is 8.68. The van der Waals surface area contributed by atoms with Crippen molar-refractivity contribution in [3.63, 3.8) is 0 Å². The van der Waals surface area contributed by atoms with Crippen LogP contribution in [0.15, 0.2) is 11.0 Å². The Bertz CT molecular complexity index is 708. The van der Waals surface area contributed by atoms with Crippen molar-refractivity contribution < 1.29 is 9.84 Å². The summed E-state index contributed by atoms with van der Waals surface area (Å²) in [5.74, 6) is 1.70. The molecule has 2 bridgehead atoms. The van der Waals surface area contributed by atoms with E-state index in [1.165, 1.54) is 11.1 Å². The molecule has 4 fully saturated rings. The van der Waals surface area contributed by atoms with E-state index in [-0.39, 0.29) is 18.0 Å². The molecule has 5 atom stereocenters. The molecule has 3 aliphatic carbocycles. The fourth-order valence-corrected chi connectivity index (χ4v) is 5.22. The fraction of sp³-hybridized carbons (Fsp3) is 0.789. The third-order valence-electron chi connectivity index (χ3n) is 7.10. The normalized spacial score (nSPS) is 36.5. The Balaban J connectivity index is 1.52.